The summed E-state index contributed by atoms with van der Waals surface area (Å²) in [4.78, 5) is 37.2. The zero-order valence-corrected chi connectivity index (χ0v) is 21.7. The molecule has 36 heavy (non-hydrogen) atoms. The minimum atomic E-state index is -0.846. The Bertz CT molecular complexity index is 1550. The summed E-state index contributed by atoms with van der Waals surface area (Å²) in [6.07, 6.45) is 3.25. The van der Waals surface area contributed by atoms with E-state index in [2.05, 4.69) is 31.8 Å². The Morgan fingerprint density at radius 3 is 2.53 bits per heavy atom. The molecule has 1 N–H and O–H groups in total. The van der Waals surface area contributed by atoms with Gasteiger partial charge in [-0.25, -0.2) is 4.98 Å². The van der Waals surface area contributed by atoms with Gasteiger partial charge in [0, 0.05) is 18.0 Å². The summed E-state index contributed by atoms with van der Waals surface area (Å²) >= 11 is 1.36. The maximum atomic E-state index is 13.5. The third kappa shape index (κ3) is 3.99. The lowest BCUT2D eigenvalue weighted by molar-refractivity contribution is -0.132. The zero-order chi connectivity index (χ0) is 25.8. The largest absolute Gasteiger partial charge is 0.507 e. The first-order chi connectivity index (χ1) is 17.1. The number of Topliss-reactive ketones (excluding diaryl/α,β-unsaturated/α-hetero) is 1. The second-order valence-electron chi connectivity index (χ2n) is 10.2. The number of pyridine rings is 1. The van der Waals surface area contributed by atoms with Crippen LogP contribution < -0.4 is 4.90 Å². The van der Waals surface area contributed by atoms with E-state index in [0.717, 1.165) is 26.9 Å². The second kappa shape index (κ2) is 8.68. The molecule has 1 fully saturated rings. The van der Waals surface area contributed by atoms with E-state index in [1.165, 1.54) is 16.2 Å². The van der Waals surface area contributed by atoms with Crippen molar-refractivity contribution in [3.05, 3.63) is 94.3 Å². The maximum Gasteiger partial charge on any atom is 0.301 e. The molecule has 2 aromatic heterocycles. The van der Waals surface area contributed by atoms with Gasteiger partial charge in [-0.3, -0.25) is 19.5 Å². The SMILES string of the molecule is Cc1ccc(C)c(/C(O)=C2\C(=O)C(=O)N(c3nc4ccc(C(C)(C)C)cc4s3)C2c2cccnc2)c1. The first-order valence-corrected chi connectivity index (χ1v) is 12.6. The van der Waals surface area contributed by atoms with Crippen LogP contribution >= 0.6 is 11.3 Å². The third-order valence-electron chi connectivity index (χ3n) is 6.54. The molecule has 3 heterocycles. The molecule has 0 bridgehead atoms. The molecule has 1 aliphatic heterocycles. The topological polar surface area (TPSA) is 83.4 Å². The number of hydrogen-bond acceptors (Lipinski definition) is 6. The van der Waals surface area contributed by atoms with Gasteiger partial charge in [0.2, 0.25) is 0 Å². The molecule has 1 atom stereocenters. The Morgan fingerprint density at radius 2 is 1.83 bits per heavy atom. The molecule has 0 radical (unpaired) electrons. The van der Waals surface area contributed by atoms with Crippen molar-refractivity contribution in [3.63, 3.8) is 0 Å². The molecular weight excluding hydrogens is 470 g/mol. The number of carbonyl (C=O) groups is 2. The second-order valence-corrected chi connectivity index (χ2v) is 11.2. The number of aromatic nitrogens is 2. The summed E-state index contributed by atoms with van der Waals surface area (Å²) in [5.74, 6) is -1.65. The van der Waals surface area contributed by atoms with Gasteiger partial charge in [0.25, 0.3) is 5.78 Å². The van der Waals surface area contributed by atoms with Crippen LogP contribution in [0.3, 0.4) is 0 Å². The first kappa shape index (κ1) is 23.9. The number of aliphatic hydroxyl groups is 1. The number of fused-ring (bicyclic) bond motifs is 1. The fourth-order valence-electron chi connectivity index (χ4n) is 4.50. The smallest absolute Gasteiger partial charge is 0.301 e. The summed E-state index contributed by atoms with van der Waals surface area (Å²) in [5.41, 5.74) is 4.81. The normalized spacial score (nSPS) is 17.8. The quantitative estimate of drug-likeness (QED) is 0.206. The van der Waals surface area contributed by atoms with Gasteiger partial charge in [-0.1, -0.05) is 61.9 Å². The molecule has 7 heteroatoms. The number of benzene rings is 2. The van der Waals surface area contributed by atoms with Crippen molar-refractivity contribution in [1.82, 2.24) is 9.97 Å². The van der Waals surface area contributed by atoms with Crippen molar-refractivity contribution in [2.75, 3.05) is 4.90 Å². The van der Waals surface area contributed by atoms with E-state index in [1.807, 2.05) is 44.2 Å². The lowest BCUT2D eigenvalue weighted by Crippen LogP contribution is -2.29. The molecule has 1 saturated heterocycles. The summed E-state index contributed by atoms with van der Waals surface area (Å²) < 4.78 is 0.929. The minimum Gasteiger partial charge on any atom is -0.507 e. The van der Waals surface area contributed by atoms with E-state index in [0.29, 0.717) is 16.3 Å². The fraction of sp³-hybridized carbons (Fsp3) is 0.241. The monoisotopic (exact) mass is 497 g/mol. The molecule has 1 unspecified atom stereocenters. The highest BCUT2D eigenvalue weighted by Gasteiger charge is 2.48. The van der Waals surface area contributed by atoms with Crippen LogP contribution in [-0.2, 0) is 15.0 Å². The number of aryl methyl sites for hydroxylation is 2. The Balaban J connectivity index is 1.72. The number of anilines is 1. The number of hydrogen-bond donors (Lipinski definition) is 1. The van der Waals surface area contributed by atoms with Gasteiger partial charge in [0.05, 0.1) is 21.8 Å². The lowest BCUT2D eigenvalue weighted by Gasteiger charge is -2.22. The van der Waals surface area contributed by atoms with Crippen LogP contribution in [0.25, 0.3) is 16.0 Å². The summed E-state index contributed by atoms with van der Waals surface area (Å²) in [7, 11) is 0. The van der Waals surface area contributed by atoms with E-state index >= 15 is 0 Å². The number of ketones is 1. The number of thiazole rings is 1. The number of amides is 1. The number of carbonyl (C=O) groups excluding carboxylic acids is 2. The van der Waals surface area contributed by atoms with Crippen molar-refractivity contribution in [1.29, 1.82) is 0 Å². The van der Waals surface area contributed by atoms with Crippen molar-refractivity contribution in [3.8, 4) is 0 Å². The van der Waals surface area contributed by atoms with Gasteiger partial charge in [-0.15, -0.1) is 0 Å². The average molecular weight is 498 g/mol. The standard InChI is InChI=1S/C29H27N3O3S/c1-16-8-9-17(2)20(13-16)25(33)23-24(18-7-6-12-30-15-18)32(27(35)26(23)34)28-31-21-11-10-19(29(3,4)5)14-22(21)36-28/h6-15,24,33H,1-5H3/b25-23+. The van der Waals surface area contributed by atoms with Gasteiger partial charge in [0.15, 0.2) is 5.13 Å². The summed E-state index contributed by atoms with van der Waals surface area (Å²) in [6, 6.07) is 14.4. The van der Waals surface area contributed by atoms with E-state index in [1.54, 1.807) is 24.5 Å². The van der Waals surface area contributed by atoms with E-state index in [4.69, 9.17) is 4.98 Å². The van der Waals surface area contributed by atoms with Crippen LogP contribution in [0.2, 0.25) is 0 Å². The van der Waals surface area contributed by atoms with Gasteiger partial charge in [-0.05, 0) is 60.2 Å². The van der Waals surface area contributed by atoms with Gasteiger partial charge >= 0.3 is 5.91 Å². The molecule has 1 amide bonds. The number of aliphatic hydroxyl groups excluding tert-OH is 1. The van der Waals surface area contributed by atoms with Crippen LogP contribution in [0.1, 0.15) is 54.6 Å². The molecule has 1 aliphatic rings. The third-order valence-corrected chi connectivity index (χ3v) is 7.56. The highest BCUT2D eigenvalue weighted by Crippen LogP contribution is 2.44. The van der Waals surface area contributed by atoms with Gasteiger partial charge < -0.3 is 5.11 Å². The average Bonchev–Trinajstić information content (AvgIpc) is 3.38. The fourth-order valence-corrected chi connectivity index (χ4v) is 5.53. The maximum absolute atomic E-state index is 13.5. The van der Waals surface area contributed by atoms with Crippen molar-refractivity contribution in [2.45, 2.75) is 46.1 Å². The molecule has 0 aliphatic carbocycles. The Hall–Kier alpha value is -3.84. The Kier molecular flexibility index (Phi) is 5.75. The molecule has 0 spiro atoms. The Labute approximate surface area is 214 Å². The molecule has 6 nitrogen and oxygen atoms in total. The summed E-state index contributed by atoms with van der Waals surface area (Å²) in [6.45, 7) is 10.2. The van der Waals surface area contributed by atoms with Crippen molar-refractivity contribution >= 4 is 44.1 Å². The van der Waals surface area contributed by atoms with Crippen molar-refractivity contribution < 1.29 is 14.7 Å². The van der Waals surface area contributed by atoms with Crippen LogP contribution in [-0.4, -0.2) is 26.8 Å². The number of rotatable bonds is 3. The first-order valence-electron chi connectivity index (χ1n) is 11.8. The molecular formula is C29H27N3O3S. The highest BCUT2D eigenvalue weighted by molar-refractivity contribution is 7.22. The predicted molar refractivity (Wildman–Crippen MR) is 143 cm³/mol. The van der Waals surface area contributed by atoms with Crippen LogP contribution in [0.5, 0.6) is 0 Å². The number of nitrogens with zero attached hydrogens (tertiary/aromatic N) is 3. The predicted octanol–water partition coefficient (Wildman–Crippen LogP) is 6.23. The van der Waals surface area contributed by atoms with E-state index in [-0.39, 0.29) is 16.7 Å². The minimum absolute atomic E-state index is 0.0383. The molecule has 2 aromatic carbocycles. The van der Waals surface area contributed by atoms with Crippen molar-refractivity contribution in [2.24, 2.45) is 0 Å². The summed E-state index contributed by atoms with van der Waals surface area (Å²) in [5, 5.41) is 11.8. The van der Waals surface area contributed by atoms with Gasteiger partial charge in [0.1, 0.15) is 5.76 Å². The molecule has 4 aromatic rings. The van der Waals surface area contributed by atoms with Crippen LogP contribution in [0.15, 0.2) is 66.5 Å². The molecule has 182 valence electrons. The lowest BCUT2D eigenvalue weighted by atomic mass is 9.87. The van der Waals surface area contributed by atoms with Crippen LogP contribution in [0, 0.1) is 13.8 Å². The van der Waals surface area contributed by atoms with E-state index < -0.39 is 17.7 Å². The zero-order valence-electron chi connectivity index (χ0n) is 20.9. The van der Waals surface area contributed by atoms with E-state index in [9.17, 15) is 14.7 Å². The molecule has 5 rings (SSSR count). The highest BCUT2D eigenvalue weighted by atomic mass is 32.1. The van der Waals surface area contributed by atoms with Crippen LogP contribution in [0.4, 0.5) is 5.13 Å². The molecule has 0 saturated carbocycles. The Morgan fingerprint density at radius 1 is 1.06 bits per heavy atom. The van der Waals surface area contributed by atoms with Gasteiger partial charge in [-0.2, -0.15) is 0 Å².